The van der Waals surface area contributed by atoms with Crippen LogP contribution in [0.1, 0.15) is 43.9 Å². The van der Waals surface area contributed by atoms with E-state index in [1.165, 1.54) is 0 Å². The lowest BCUT2D eigenvalue weighted by molar-refractivity contribution is -0.0361. The normalized spacial score (nSPS) is 27.3. The number of hydrogen-bond donors (Lipinski definition) is 1. The molecule has 6 rings (SSSR count). The summed E-state index contributed by atoms with van der Waals surface area (Å²) in [5.74, 6) is 2.15. The number of carbonyl (C=O) groups is 1. The molecule has 0 aromatic heterocycles. The zero-order chi connectivity index (χ0) is 23.2. The second-order valence-electron chi connectivity index (χ2n) is 10.4. The van der Waals surface area contributed by atoms with Crippen molar-refractivity contribution in [3.8, 4) is 22.6 Å². The fraction of sp³-hybridized carbons (Fsp3) is 0.519. The molecular weight excluding hydrogens is 416 g/mol. The molecule has 0 saturated carbocycles. The van der Waals surface area contributed by atoms with E-state index in [2.05, 4.69) is 55.3 Å². The molecule has 0 radical (unpaired) electrons. The Balaban J connectivity index is 1.36. The lowest BCUT2D eigenvalue weighted by atomic mass is 9.78. The van der Waals surface area contributed by atoms with Crippen LogP contribution in [-0.2, 0) is 4.74 Å². The highest BCUT2D eigenvalue weighted by atomic mass is 16.6. The van der Waals surface area contributed by atoms with Crippen LogP contribution in [-0.4, -0.2) is 50.4 Å². The van der Waals surface area contributed by atoms with Gasteiger partial charge in [0.2, 0.25) is 0 Å². The first-order chi connectivity index (χ1) is 15.8. The molecule has 6 nitrogen and oxygen atoms in total. The van der Waals surface area contributed by atoms with Crippen molar-refractivity contribution < 1.29 is 19.0 Å². The number of ether oxygens (including phenoxy) is 3. The van der Waals surface area contributed by atoms with Gasteiger partial charge in [-0.15, -0.1) is 0 Å². The van der Waals surface area contributed by atoms with E-state index in [1.54, 1.807) is 7.11 Å². The molecule has 4 aliphatic rings. The summed E-state index contributed by atoms with van der Waals surface area (Å²) in [5, 5.41) is 3.18. The Labute approximate surface area is 196 Å². The number of fused-ring (bicyclic) bond motifs is 4. The van der Waals surface area contributed by atoms with Crippen molar-refractivity contribution in [2.24, 2.45) is 11.3 Å². The minimum atomic E-state index is -0.324. The summed E-state index contributed by atoms with van der Waals surface area (Å²) in [6.07, 6.45) is 1.92. The Kier molecular flexibility index (Phi) is 5.73. The number of nitrogens with zero attached hydrogens (tertiary/aromatic N) is 1. The maximum Gasteiger partial charge on any atom is 0.407 e. The van der Waals surface area contributed by atoms with Gasteiger partial charge < -0.3 is 19.5 Å². The maximum absolute atomic E-state index is 12.9. The van der Waals surface area contributed by atoms with Gasteiger partial charge in [0.25, 0.3) is 0 Å². The molecule has 2 bridgehead atoms. The number of hydrogen-bond acceptors (Lipinski definition) is 5. The van der Waals surface area contributed by atoms with Gasteiger partial charge >= 0.3 is 6.09 Å². The van der Waals surface area contributed by atoms with Crippen LogP contribution in [0.2, 0.25) is 0 Å². The van der Waals surface area contributed by atoms with Crippen molar-refractivity contribution in [3.63, 3.8) is 0 Å². The van der Waals surface area contributed by atoms with Gasteiger partial charge in [0.05, 0.1) is 19.8 Å². The van der Waals surface area contributed by atoms with E-state index in [1.807, 2.05) is 12.1 Å². The Morgan fingerprint density at radius 3 is 2.61 bits per heavy atom. The third kappa shape index (κ3) is 4.29. The minimum absolute atomic E-state index is 0.00431. The summed E-state index contributed by atoms with van der Waals surface area (Å²) in [7, 11) is 1.68. The van der Waals surface area contributed by atoms with Gasteiger partial charge in [0.15, 0.2) is 0 Å². The van der Waals surface area contributed by atoms with E-state index in [4.69, 9.17) is 14.2 Å². The van der Waals surface area contributed by atoms with Crippen LogP contribution in [0, 0.1) is 18.3 Å². The average Bonchev–Trinajstić information content (AvgIpc) is 2.81. The molecule has 4 aliphatic heterocycles. The number of benzene rings is 2. The zero-order valence-corrected chi connectivity index (χ0v) is 20.0. The van der Waals surface area contributed by atoms with E-state index < -0.39 is 0 Å². The first-order valence-electron chi connectivity index (χ1n) is 12.0. The molecule has 1 unspecified atom stereocenters. The second-order valence-corrected chi connectivity index (χ2v) is 10.4. The molecule has 0 aliphatic carbocycles. The van der Waals surface area contributed by atoms with E-state index in [9.17, 15) is 4.79 Å². The summed E-state index contributed by atoms with van der Waals surface area (Å²) in [4.78, 5) is 15.3. The molecule has 4 heterocycles. The second kappa shape index (κ2) is 8.56. The number of alkyl carbamates (subject to hydrolysis) is 1. The van der Waals surface area contributed by atoms with Gasteiger partial charge in [0.1, 0.15) is 17.6 Å². The third-order valence-electron chi connectivity index (χ3n) is 7.57. The number of aryl methyl sites for hydroxylation is 1. The number of rotatable bonds is 4. The largest absolute Gasteiger partial charge is 0.497 e. The lowest BCUT2D eigenvalue weighted by Crippen LogP contribution is -2.53. The van der Waals surface area contributed by atoms with Crippen molar-refractivity contribution in [1.82, 2.24) is 10.2 Å². The first-order valence-corrected chi connectivity index (χ1v) is 12.0. The summed E-state index contributed by atoms with van der Waals surface area (Å²) in [5.41, 5.74) is 4.10. The molecule has 33 heavy (non-hydrogen) atoms. The topological polar surface area (TPSA) is 60.0 Å². The van der Waals surface area contributed by atoms with E-state index in [-0.39, 0.29) is 23.7 Å². The highest BCUT2D eigenvalue weighted by molar-refractivity contribution is 5.72. The fourth-order valence-corrected chi connectivity index (χ4v) is 5.53. The van der Waals surface area contributed by atoms with Crippen LogP contribution in [0.4, 0.5) is 4.79 Å². The van der Waals surface area contributed by atoms with Crippen LogP contribution in [0.25, 0.3) is 11.1 Å². The van der Waals surface area contributed by atoms with E-state index in [0.717, 1.165) is 66.2 Å². The fourth-order valence-electron chi connectivity index (χ4n) is 5.53. The quantitative estimate of drug-likeness (QED) is 0.714. The molecule has 6 heteroatoms. The summed E-state index contributed by atoms with van der Waals surface area (Å²) >= 11 is 0. The van der Waals surface area contributed by atoms with Gasteiger partial charge in [-0.3, -0.25) is 4.90 Å². The van der Waals surface area contributed by atoms with Gasteiger partial charge in [-0.1, -0.05) is 32.0 Å². The molecule has 1 N–H and O–H groups in total. The average molecular weight is 451 g/mol. The van der Waals surface area contributed by atoms with Gasteiger partial charge in [0, 0.05) is 17.5 Å². The van der Waals surface area contributed by atoms with E-state index in [0.29, 0.717) is 12.5 Å². The monoisotopic (exact) mass is 450 g/mol. The number of methoxy groups -OCH3 is 1. The van der Waals surface area contributed by atoms with Crippen LogP contribution in [0.15, 0.2) is 36.4 Å². The van der Waals surface area contributed by atoms with Crippen molar-refractivity contribution in [2.75, 3.05) is 33.4 Å². The molecular formula is C27H34N2O4. The Hall–Kier alpha value is -2.73. The molecule has 1 amide bonds. The van der Waals surface area contributed by atoms with Crippen molar-refractivity contribution in [2.45, 2.75) is 45.8 Å². The predicted octanol–water partition coefficient (Wildman–Crippen LogP) is 4.95. The molecule has 176 valence electrons. The number of piperidine rings is 3. The highest BCUT2D eigenvalue weighted by Crippen LogP contribution is 2.44. The molecule has 3 saturated heterocycles. The minimum Gasteiger partial charge on any atom is -0.497 e. The molecule has 3 fully saturated rings. The van der Waals surface area contributed by atoms with Crippen LogP contribution in [0.3, 0.4) is 0 Å². The van der Waals surface area contributed by atoms with Gasteiger partial charge in [-0.25, -0.2) is 4.79 Å². The Morgan fingerprint density at radius 2 is 1.94 bits per heavy atom. The van der Waals surface area contributed by atoms with Crippen LogP contribution >= 0.6 is 0 Å². The zero-order valence-electron chi connectivity index (χ0n) is 20.0. The summed E-state index contributed by atoms with van der Waals surface area (Å²) in [6, 6.07) is 12.2. The number of amides is 1. The van der Waals surface area contributed by atoms with Gasteiger partial charge in [-0.05, 0) is 73.7 Å². The molecule has 2 aromatic carbocycles. The van der Waals surface area contributed by atoms with Gasteiger partial charge in [-0.2, -0.15) is 0 Å². The van der Waals surface area contributed by atoms with Crippen molar-refractivity contribution >= 4 is 6.09 Å². The van der Waals surface area contributed by atoms with Crippen molar-refractivity contribution in [1.29, 1.82) is 0 Å². The number of carbonyl (C=O) groups excluding carboxylic acids is 1. The van der Waals surface area contributed by atoms with E-state index >= 15 is 0 Å². The Morgan fingerprint density at radius 1 is 1.15 bits per heavy atom. The smallest absolute Gasteiger partial charge is 0.407 e. The lowest BCUT2D eigenvalue weighted by Gasteiger charge is -2.44. The third-order valence-corrected chi connectivity index (χ3v) is 7.57. The Bertz CT molecular complexity index is 1040. The predicted molar refractivity (Wildman–Crippen MR) is 128 cm³/mol. The first kappa shape index (κ1) is 22.1. The molecule has 2 atom stereocenters. The standard InChI is InChI=1S/C27H34N2O4/c1-17-13-20(31-4)6-8-21(17)19-5-7-22-23(14-19)32-16-27(2,3)25(22)28-26(30)33-24-15-29-11-9-18(24)10-12-29/h5-8,13-14,18,24-25H,9-12,15-16H2,1-4H3,(H,28,30)/t24-,25?/m0/s1. The van der Waals surface area contributed by atoms with Crippen LogP contribution in [0.5, 0.6) is 11.5 Å². The van der Waals surface area contributed by atoms with Crippen molar-refractivity contribution in [3.05, 3.63) is 47.5 Å². The molecule has 0 spiro atoms. The number of nitrogens with one attached hydrogen (secondary N) is 1. The molecule has 2 aromatic rings. The maximum atomic E-state index is 12.9. The SMILES string of the molecule is COc1ccc(-c2ccc3c(c2)OCC(C)(C)C3NC(=O)O[C@H]2CN3CCC2CC3)c(C)c1. The summed E-state index contributed by atoms with van der Waals surface area (Å²) in [6.45, 7) is 9.96. The highest BCUT2D eigenvalue weighted by Gasteiger charge is 2.41. The van der Waals surface area contributed by atoms with Crippen LogP contribution < -0.4 is 14.8 Å². The summed E-state index contributed by atoms with van der Waals surface area (Å²) < 4.78 is 17.4.